The monoisotopic (exact) mass is 673 g/mol. The molecule has 7 nitrogen and oxygen atoms in total. The molecule has 0 fully saturated rings. The molecule has 0 radical (unpaired) electrons. The van der Waals surface area contributed by atoms with Gasteiger partial charge in [-0.2, -0.15) is 13.2 Å². The van der Waals surface area contributed by atoms with Crippen LogP contribution in [0, 0.1) is 0 Å². The van der Waals surface area contributed by atoms with E-state index in [1.807, 2.05) is 6.92 Å². The van der Waals surface area contributed by atoms with Crippen molar-refractivity contribution in [2.75, 3.05) is 17.4 Å². The molecule has 13 heteroatoms. The molecule has 2 amide bonds. The van der Waals surface area contributed by atoms with Crippen LogP contribution in [-0.2, 0) is 32.3 Å². The number of hydrogen-bond donors (Lipinski definition) is 1. The maximum atomic E-state index is 13.9. The molecular formula is C28H28BrClF3N3O4S. The Morgan fingerprint density at radius 2 is 1.71 bits per heavy atom. The van der Waals surface area contributed by atoms with Crippen molar-refractivity contribution in [1.29, 1.82) is 0 Å². The maximum Gasteiger partial charge on any atom is 0.416 e. The lowest BCUT2D eigenvalue weighted by molar-refractivity contribution is -0.139. The largest absolute Gasteiger partial charge is 0.416 e. The molecule has 0 aromatic heterocycles. The van der Waals surface area contributed by atoms with Crippen LogP contribution in [0.1, 0.15) is 31.4 Å². The fourth-order valence-electron chi connectivity index (χ4n) is 3.92. The summed E-state index contributed by atoms with van der Waals surface area (Å²) in [4.78, 5) is 27.7. The van der Waals surface area contributed by atoms with E-state index in [0.717, 1.165) is 16.6 Å². The number of sulfonamides is 1. The summed E-state index contributed by atoms with van der Waals surface area (Å²) in [6, 6.07) is 15.2. The molecule has 0 saturated heterocycles. The van der Waals surface area contributed by atoms with Gasteiger partial charge in [-0.05, 0) is 61.4 Å². The van der Waals surface area contributed by atoms with Crippen LogP contribution >= 0.6 is 27.5 Å². The third kappa shape index (κ3) is 8.23. The summed E-state index contributed by atoms with van der Waals surface area (Å²) >= 11 is 9.61. The van der Waals surface area contributed by atoms with E-state index in [-0.39, 0.29) is 16.5 Å². The Morgan fingerprint density at radius 1 is 1.02 bits per heavy atom. The van der Waals surface area contributed by atoms with Crippen LogP contribution in [0.2, 0.25) is 5.02 Å². The second-order valence-electron chi connectivity index (χ2n) is 9.11. The van der Waals surface area contributed by atoms with Crippen LogP contribution in [0.5, 0.6) is 0 Å². The number of alkyl halides is 3. The Labute approximate surface area is 250 Å². The van der Waals surface area contributed by atoms with Crippen LogP contribution in [-0.4, -0.2) is 44.3 Å². The lowest BCUT2D eigenvalue weighted by Crippen LogP contribution is -2.51. The quantitative estimate of drug-likeness (QED) is 0.260. The van der Waals surface area contributed by atoms with Crippen LogP contribution in [0.3, 0.4) is 0 Å². The van der Waals surface area contributed by atoms with Crippen molar-refractivity contribution in [2.24, 2.45) is 0 Å². The smallest absolute Gasteiger partial charge is 0.354 e. The number of benzene rings is 3. The number of halogens is 5. The van der Waals surface area contributed by atoms with Crippen molar-refractivity contribution in [3.05, 3.63) is 93.4 Å². The first-order valence-electron chi connectivity index (χ1n) is 12.5. The zero-order valence-electron chi connectivity index (χ0n) is 22.2. The first-order chi connectivity index (χ1) is 19.3. The number of nitrogens with zero attached hydrogens (tertiary/aromatic N) is 2. The summed E-state index contributed by atoms with van der Waals surface area (Å²) in [6.07, 6.45) is -4.15. The van der Waals surface area contributed by atoms with Crippen molar-refractivity contribution in [2.45, 2.75) is 43.9 Å². The van der Waals surface area contributed by atoms with E-state index in [9.17, 15) is 31.2 Å². The molecule has 0 saturated carbocycles. The minimum absolute atomic E-state index is 0.0749. The Hall–Kier alpha value is -3.09. The van der Waals surface area contributed by atoms with Crippen molar-refractivity contribution in [1.82, 2.24) is 10.2 Å². The van der Waals surface area contributed by atoms with E-state index in [1.165, 1.54) is 36.1 Å². The number of carbonyl (C=O) groups excluding carboxylic acids is 2. The van der Waals surface area contributed by atoms with Gasteiger partial charge < -0.3 is 10.2 Å². The average molecular weight is 675 g/mol. The molecule has 220 valence electrons. The van der Waals surface area contributed by atoms with Gasteiger partial charge in [0.15, 0.2) is 0 Å². The Kier molecular flexibility index (Phi) is 10.8. The normalized spacial score (nSPS) is 12.5. The number of nitrogens with one attached hydrogen (secondary N) is 1. The second kappa shape index (κ2) is 13.7. The van der Waals surface area contributed by atoms with Gasteiger partial charge in [0.25, 0.3) is 10.0 Å². The minimum Gasteiger partial charge on any atom is -0.354 e. The lowest BCUT2D eigenvalue weighted by Gasteiger charge is -2.32. The summed E-state index contributed by atoms with van der Waals surface area (Å²) in [6.45, 7) is 2.72. The fourth-order valence-corrected chi connectivity index (χ4v) is 6.09. The first-order valence-corrected chi connectivity index (χ1v) is 15.1. The molecule has 3 rings (SSSR count). The SMILES string of the molecule is CCCNC(=O)[C@H](C)N(Cc1cccc(Br)c1)C(=O)CN(c1cc(C(F)(F)F)ccc1Cl)S(=O)(=O)c1ccccc1. The summed E-state index contributed by atoms with van der Waals surface area (Å²) in [5.74, 6) is -1.29. The van der Waals surface area contributed by atoms with E-state index >= 15 is 0 Å². The summed E-state index contributed by atoms with van der Waals surface area (Å²) in [5.41, 5.74) is -1.03. The van der Waals surface area contributed by atoms with Gasteiger partial charge in [0.05, 0.1) is 21.2 Å². The van der Waals surface area contributed by atoms with Gasteiger partial charge in [0, 0.05) is 17.6 Å². The van der Waals surface area contributed by atoms with Gasteiger partial charge in [-0.3, -0.25) is 13.9 Å². The van der Waals surface area contributed by atoms with Gasteiger partial charge in [0.2, 0.25) is 11.8 Å². The predicted molar refractivity (Wildman–Crippen MR) is 155 cm³/mol. The minimum atomic E-state index is -4.80. The molecule has 1 N–H and O–H groups in total. The van der Waals surface area contributed by atoms with Gasteiger partial charge >= 0.3 is 6.18 Å². The van der Waals surface area contributed by atoms with Crippen molar-refractivity contribution < 1.29 is 31.2 Å². The number of hydrogen-bond acceptors (Lipinski definition) is 4. The molecule has 41 heavy (non-hydrogen) atoms. The maximum absolute atomic E-state index is 13.9. The van der Waals surface area contributed by atoms with Crippen LogP contribution in [0.15, 0.2) is 82.2 Å². The van der Waals surface area contributed by atoms with Crippen LogP contribution in [0.4, 0.5) is 18.9 Å². The van der Waals surface area contributed by atoms with E-state index in [1.54, 1.807) is 30.3 Å². The fraction of sp³-hybridized carbons (Fsp3) is 0.286. The topological polar surface area (TPSA) is 86.8 Å². The third-order valence-electron chi connectivity index (χ3n) is 6.11. The zero-order chi connectivity index (χ0) is 30.4. The molecule has 1 atom stereocenters. The predicted octanol–water partition coefficient (Wildman–Crippen LogP) is 6.26. The molecule has 3 aromatic rings. The van der Waals surface area contributed by atoms with E-state index in [2.05, 4.69) is 21.2 Å². The Morgan fingerprint density at radius 3 is 2.32 bits per heavy atom. The number of rotatable bonds is 11. The summed E-state index contributed by atoms with van der Waals surface area (Å²) < 4.78 is 69.7. The Bertz CT molecular complexity index is 1490. The molecule has 0 heterocycles. The highest BCUT2D eigenvalue weighted by atomic mass is 79.9. The molecule has 0 aliphatic heterocycles. The molecular weight excluding hydrogens is 647 g/mol. The van der Waals surface area contributed by atoms with Gasteiger partial charge in [-0.15, -0.1) is 0 Å². The average Bonchev–Trinajstić information content (AvgIpc) is 2.93. The highest BCUT2D eigenvalue weighted by Crippen LogP contribution is 2.37. The number of carbonyl (C=O) groups is 2. The van der Waals surface area contributed by atoms with Crippen molar-refractivity contribution >= 4 is 55.1 Å². The molecule has 0 bridgehead atoms. The van der Waals surface area contributed by atoms with Crippen LogP contribution in [0.25, 0.3) is 0 Å². The first kappa shape index (κ1) is 32.4. The summed E-state index contributed by atoms with van der Waals surface area (Å²) in [7, 11) is -4.58. The molecule has 0 aliphatic rings. The van der Waals surface area contributed by atoms with Crippen molar-refractivity contribution in [3.63, 3.8) is 0 Å². The molecule has 0 aliphatic carbocycles. The third-order valence-corrected chi connectivity index (χ3v) is 8.70. The summed E-state index contributed by atoms with van der Waals surface area (Å²) in [5, 5.41) is 2.41. The van der Waals surface area contributed by atoms with Crippen LogP contribution < -0.4 is 9.62 Å². The number of amides is 2. The highest BCUT2D eigenvalue weighted by Gasteiger charge is 2.36. The second-order valence-corrected chi connectivity index (χ2v) is 12.3. The van der Waals surface area contributed by atoms with E-state index < -0.39 is 51.9 Å². The van der Waals surface area contributed by atoms with E-state index in [0.29, 0.717) is 28.9 Å². The molecule has 3 aromatic carbocycles. The Balaban J connectivity index is 2.12. The number of anilines is 1. The molecule has 0 spiro atoms. The highest BCUT2D eigenvalue weighted by molar-refractivity contribution is 9.10. The lowest BCUT2D eigenvalue weighted by atomic mass is 10.1. The van der Waals surface area contributed by atoms with Gasteiger partial charge in [0.1, 0.15) is 12.6 Å². The molecule has 0 unspecified atom stereocenters. The van der Waals surface area contributed by atoms with E-state index in [4.69, 9.17) is 11.6 Å². The standard InChI is InChI=1S/C28H28BrClF3N3O4S/c1-3-14-34-27(38)19(2)35(17-20-8-7-9-22(29)15-20)26(37)18-36(41(39,40)23-10-5-4-6-11-23)25-16-21(28(31,32)33)12-13-24(25)30/h4-13,15-16,19H,3,14,17-18H2,1-2H3,(H,34,38)/t19-/m0/s1. The van der Waals surface area contributed by atoms with Crippen molar-refractivity contribution in [3.8, 4) is 0 Å². The van der Waals surface area contributed by atoms with Gasteiger partial charge in [-0.25, -0.2) is 8.42 Å². The zero-order valence-corrected chi connectivity index (χ0v) is 25.3. The van der Waals surface area contributed by atoms with Gasteiger partial charge in [-0.1, -0.05) is 64.8 Å².